The van der Waals surface area contributed by atoms with Gasteiger partial charge in [-0.15, -0.1) is 0 Å². The van der Waals surface area contributed by atoms with E-state index >= 15 is 0 Å². The lowest BCUT2D eigenvalue weighted by Gasteiger charge is -2.37. The van der Waals surface area contributed by atoms with Gasteiger partial charge in [0.2, 0.25) is 5.95 Å². The monoisotopic (exact) mass is 480 g/mol. The fourth-order valence-electron chi connectivity index (χ4n) is 4.54. The topological polar surface area (TPSA) is 87.3 Å². The summed E-state index contributed by atoms with van der Waals surface area (Å²) >= 11 is 0. The van der Waals surface area contributed by atoms with Crippen LogP contribution in [0.2, 0.25) is 0 Å². The minimum Gasteiger partial charge on any atom is -0.453 e. The van der Waals surface area contributed by atoms with Crippen molar-refractivity contribution >= 4 is 34.7 Å². The first kappa shape index (κ1) is 22.5. The minimum absolute atomic E-state index is 0.126. The van der Waals surface area contributed by atoms with Crippen molar-refractivity contribution in [2.24, 2.45) is 0 Å². The van der Waals surface area contributed by atoms with Gasteiger partial charge in [0.05, 0.1) is 29.2 Å². The molecule has 10 heteroatoms. The molecule has 3 aromatic carbocycles. The first-order valence-corrected chi connectivity index (χ1v) is 10.6. The third kappa shape index (κ3) is 3.58. The average Bonchev–Trinajstić information content (AvgIpc) is 3.34. The van der Waals surface area contributed by atoms with Crippen molar-refractivity contribution < 1.29 is 27.5 Å². The lowest BCUT2D eigenvalue weighted by molar-refractivity contribution is -0.137. The van der Waals surface area contributed by atoms with E-state index in [1.165, 1.54) is 24.1 Å². The first-order valence-electron chi connectivity index (χ1n) is 10.6. The molecule has 1 atom stereocenters. The van der Waals surface area contributed by atoms with E-state index in [1.807, 2.05) is 0 Å². The fraction of sp³-hybridized carbons (Fsp3) is 0.160. The molecule has 4 aromatic rings. The van der Waals surface area contributed by atoms with Gasteiger partial charge in [0.25, 0.3) is 5.91 Å². The number of hydrogen-bond donors (Lipinski definition) is 2. The van der Waals surface area contributed by atoms with E-state index < -0.39 is 29.3 Å². The number of nitrogens with zero attached hydrogens (tertiary/aromatic N) is 2. The van der Waals surface area contributed by atoms with E-state index in [4.69, 9.17) is 0 Å². The zero-order valence-electron chi connectivity index (χ0n) is 18.6. The molecule has 2 heterocycles. The van der Waals surface area contributed by atoms with Gasteiger partial charge >= 0.3 is 12.3 Å². The number of aromatic nitrogens is 2. The number of hydrogen-bond acceptors (Lipinski definition) is 4. The number of amides is 2. The Labute approximate surface area is 197 Å². The molecule has 7 nitrogen and oxygen atoms in total. The molecule has 35 heavy (non-hydrogen) atoms. The molecule has 0 aliphatic carbocycles. The Bertz CT molecular complexity index is 1480. The molecule has 1 aromatic heterocycles. The second-order valence-electron chi connectivity index (χ2n) is 8.24. The highest BCUT2D eigenvalue weighted by atomic mass is 19.4. The van der Waals surface area contributed by atoms with Crippen LogP contribution in [0.4, 0.5) is 29.6 Å². The van der Waals surface area contributed by atoms with E-state index in [0.717, 1.165) is 12.1 Å². The number of carbonyl (C=O) groups excluding carboxylic acids is 2. The number of anilines is 2. The summed E-state index contributed by atoms with van der Waals surface area (Å²) in [6.45, 7) is 1.79. The van der Waals surface area contributed by atoms with Gasteiger partial charge in [-0.2, -0.15) is 13.2 Å². The number of aromatic amines is 1. The predicted octanol–water partition coefficient (Wildman–Crippen LogP) is 5.68. The van der Waals surface area contributed by atoms with Crippen LogP contribution in [0.5, 0.6) is 0 Å². The van der Waals surface area contributed by atoms with Gasteiger partial charge in [-0.05, 0) is 54.4 Å². The lowest BCUT2D eigenvalue weighted by Crippen LogP contribution is -2.42. The molecule has 0 fully saturated rings. The van der Waals surface area contributed by atoms with Crippen molar-refractivity contribution in [1.82, 2.24) is 9.97 Å². The quantitative estimate of drug-likeness (QED) is 0.395. The highest BCUT2D eigenvalue weighted by Crippen LogP contribution is 2.47. The summed E-state index contributed by atoms with van der Waals surface area (Å²) in [5, 5.41) is 2.46. The van der Waals surface area contributed by atoms with E-state index in [2.05, 4.69) is 20.0 Å². The van der Waals surface area contributed by atoms with Crippen molar-refractivity contribution in [2.75, 3.05) is 17.3 Å². The highest BCUT2D eigenvalue weighted by Gasteiger charge is 2.48. The summed E-state index contributed by atoms with van der Waals surface area (Å²) in [6.07, 6.45) is -5.25. The van der Waals surface area contributed by atoms with Crippen LogP contribution in [0.15, 0.2) is 66.7 Å². The maximum absolute atomic E-state index is 13.5. The van der Waals surface area contributed by atoms with Crippen molar-refractivity contribution in [1.29, 1.82) is 0 Å². The molecular formula is C25H19F3N4O3. The molecule has 0 spiro atoms. The predicted molar refractivity (Wildman–Crippen MR) is 123 cm³/mol. The molecule has 5 rings (SSSR count). The van der Waals surface area contributed by atoms with Gasteiger partial charge < -0.3 is 9.72 Å². The molecule has 0 radical (unpaired) electrons. The van der Waals surface area contributed by atoms with Crippen LogP contribution in [0.25, 0.3) is 11.0 Å². The summed E-state index contributed by atoms with van der Waals surface area (Å²) < 4.78 is 45.0. The van der Waals surface area contributed by atoms with E-state index in [9.17, 15) is 22.8 Å². The maximum atomic E-state index is 13.5. The summed E-state index contributed by atoms with van der Waals surface area (Å²) in [5.74, 6) is -0.230. The summed E-state index contributed by atoms with van der Waals surface area (Å²) in [5.41, 5.74) is 0.994. The largest absolute Gasteiger partial charge is 0.453 e. The van der Waals surface area contributed by atoms with Crippen LogP contribution in [-0.2, 0) is 16.5 Å². The molecule has 0 bridgehead atoms. The summed E-state index contributed by atoms with van der Waals surface area (Å²) in [7, 11) is 1.23. The third-order valence-corrected chi connectivity index (χ3v) is 6.21. The lowest BCUT2D eigenvalue weighted by atomic mass is 9.84. The summed E-state index contributed by atoms with van der Waals surface area (Å²) in [6, 6.07) is 16.9. The SMILES string of the molecule is COC(=O)Nc1nc2ccc(C3(C)c4ccccc4C(=O)N3c3cccc(C(F)(F)F)c3)cc2[nH]1. The fourth-order valence-corrected chi connectivity index (χ4v) is 4.54. The van der Waals surface area contributed by atoms with Crippen LogP contribution in [-0.4, -0.2) is 29.1 Å². The van der Waals surface area contributed by atoms with Crippen LogP contribution < -0.4 is 10.2 Å². The Balaban J connectivity index is 1.68. The van der Waals surface area contributed by atoms with E-state index in [1.54, 1.807) is 49.4 Å². The Kier molecular flexibility index (Phi) is 5.04. The zero-order valence-corrected chi connectivity index (χ0v) is 18.6. The highest BCUT2D eigenvalue weighted by molar-refractivity contribution is 6.13. The molecule has 2 N–H and O–H groups in total. The molecule has 1 aliphatic rings. The molecule has 2 amide bonds. The number of fused-ring (bicyclic) bond motifs is 2. The van der Waals surface area contributed by atoms with Crippen molar-refractivity contribution in [2.45, 2.75) is 18.6 Å². The molecule has 1 unspecified atom stereocenters. The Morgan fingerprint density at radius 2 is 1.86 bits per heavy atom. The number of rotatable bonds is 3. The Morgan fingerprint density at radius 1 is 1.09 bits per heavy atom. The van der Waals surface area contributed by atoms with E-state index in [-0.39, 0.29) is 11.6 Å². The Hall–Kier alpha value is -4.34. The molecule has 0 saturated heterocycles. The first-order chi connectivity index (χ1) is 16.6. The van der Waals surface area contributed by atoms with Crippen molar-refractivity contribution in [3.63, 3.8) is 0 Å². The number of nitrogens with one attached hydrogen (secondary N) is 2. The second kappa shape index (κ2) is 7.86. The third-order valence-electron chi connectivity index (χ3n) is 6.21. The molecular weight excluding hydrogens is 461 g/mol. The van der Waals surface area contributed by atoms with Gasteiger partial charge in [-0.1, -0.05) is 30.3 Å². The van der Waals surface area contributed by atoms with Crippen LogP contribution in [0.1, 0.15) is 34.0 Å². The number of alkyl halides is 3. The van der Waals surface area contributed by atoms with Gasteiger partial charge in [0.15, 0.2) is 0 Å². The van der Waals surface area contributed by atoms with Crippen molar-refractivity contribution in [3.8, 4) is 0 Å². The number of H-pyrrole nitrogens is 1. The average molecular weight is 480 g/mol. The number of ether oxygens (including phenoxy) is 1. The smallest absolute Gasteiger partial charge is 0.416 e. The second-order valence-corrected chi connectivity index (χ2v) is 8.24. The zero-order chi connectivity index (χ0) is 25.0. The Morgan fingerprint density at radius 3 is 2.60 bits per heavy atom. The number of halogens is 3. The number of methoxy groups -OCH3 is 1. The minimum atomic E-state index is -4.56. The molecule has 1 aliphatic heterocycles. The van der Waals surface area contributed by atoms with Crippen molar-refractivity contribution in [3.05, 3.63) is 89.0 Å². The maximum Gasteiger partial charge on any atom is 0.416 e. The van der Waals surface area contributed by atoms with Gasteiger partial charge in [-0.3, -0.25) is 15.0 Å². The number of carbonyl (C=O) groups is 2. The van der Waals surface area contributed by atoms with Crippen LogP contribution in [0, 0.1) is 0 Å². The molecule has 0 saturated carbocycles. The van der Waals surface area contributed by atoms with E-state index in [0.29, 0.717) is 27.7 Å². The van der Waals surface area contributed by atoms with Gasteiger partial charge in [0.1, 0.15) is 0 Å². The normalized spacial score (nSPS) is 17.5. The van der Waals surface area contributed by atoms with Gasteiger partial charge in [-0.25, -0.2) is 9.78 Å². The molecule has 178 valence electrons. The number of benzene rings is 3. The van der Waals surface area contributed by atoms with Crippen LogP contribution >= 0.6 is 0 Å². The van der Waals surface area contributed by atoms with Crippen LogP contribution in [0.3, 0.4) is 0 Å². The standard InChI is InChI=1S/C25H19F3N4O3/c1-24(14-10-11-19-20(13-14)30-22(29-19)31-23(34)35-2)18-9-4-3-8-17(18)21(33)32(24)16-7-5-6-15(12-16)25(26,27)28/h3-13H,1-2H3,(H2,29,30,31,34). The van der Waals surface area contributed by atoms with Gasteiger partial charge in [0, 0.05) is 11.3 Å². The number of imidazole rings is 1. The summed E-state index contributed by atoms with van der Waals surface area (Å²) in [4.78, 5) is 33.7.